The minimum atomic E-state index is -1.33. The Hall–Kier alpha value is -3.80. The minimum Gasteiger partial charge on any atom is -0.465 e. The SMILES string of the molecule is NC(=O)O.O=C(OCc1ccccc1)N(Cc1ccccc1)Cc1ccccc1. The van der Waals surface area contributed by atoms with E-state index in [-0.39, 0.29) is 12.7 Å². The maximum absolute atomic E-state index is 12.6. The first kappa shape index (κ1) is 21.5. The van der Waals surface area contributed by atoms with Gasteiger partial charge in [0, 0.05) is 13.1 Å². The van der Waals surface area contributed by atoms with Gasteiger partial charge in [-0.3, -0.25) is 4.90 Å². The third-order valence-corrected chi connectivity index (χ3v) is 3.90. The molecular formula is C23H24N2O4. The third-order valence-electron chi connectivity index (χ3n) is 3.90. The van der Waals surface area contributed by atoms with E-state index in [0.717, 1.165) is 16.7 Å². The number of hydrogen-bond acceptors (Lipinski definition) is 3. The molecule has 3 aromatic rings. The zero-order valence-corrected chi connectivity index (χ0v) is 16.0. The summed E-state index contributed by atoms with van der Waals surface area (Å²) >= 11 is 0. The average molecular weight is 392 g/mol. The van der Waals surface area contributed by atoms with Gasteiger partial charge in [-0.1, -0.05) is 91.0 Å². The first-order valence-electron chi connectivity index (χ1n) is 9.06. The summed E-state index contributed by atoms with van der Waals surface area (Å²) in [6.07, 6.45) is -1.64. The number of primary amides is 1. The van der Waals surface area contributed by atoms with Crippen molar-refractivity contribution in [3.8, 4) is 0 Å². The molecule has 6 heteroatoms. The molecule has 0 radical (unpaired) electrons. The monoisotopic (exact) mass is 392 g/mol. The Morgan fingerprint density at radius 2 is 1.07 bits per heavy atom. The van der Waals surface area contributed by atoms with Crippen LogP contribution in [-0.2, 0) is 24.4 Å². The molecule has 0 spiro atoms. The average Bonchev–Trinajstić information content (AvgIpc) is 2.73. The molecule has 0 saturated heterocycles. The van der Waals surface area contributed by atoms with Crippen molar-refractivity contribution in [2.75, 3.05) is 0 Å². The van der Waals surface area contributed by atoms with Crippen LogP contribution in [0, 0.1) is 0 Å². The van der Waals surface area contributed by atoms with E-state index in [1.807, 2.05) is 91.0 Å². The van der Waals surface area contributed by atoms with Crippen LogP contribution >= 0.6 is 0 Å². The van der Waals surface area contributed by atoms with Gasteiger partial charge in [0.2, 0.25) is 0 Å². The molecule has 0 heterocycles. The Labute approximate surface area is 170 Å². The molecular weight excluding hydrogens is 368 g/mol. The van der Waals surface area contributed by atoms with Crippen LogP contribution < -0.4 is 5.73 Å². The van der Waals surface area contributed by atoms with Gasteiger partial charge >= 0.3 is 12.2 Å². The lowest BCUT2D eigenvalue weighted by Gasteiger charge is -2.22. The Morgan fingerprint density at radius 3 is 1.45 bits per heavy atom. The van der Waals surface area contributed by atoms with Crippen LogP contribution in [0.2, 0.25) is 0 Å². The van der Waals surface area contributed by atoms with E-state index in [0.29, 0.717) is 13.1 Å². The van der Waals surface area contributed by atoms with Crippen LogP contribution in [-0.4, -0.2) is 22.2 Å². The van der Waals surface area contributed by atoms with E-state index >= 15 is 0 Å². The van der Waals surface area contributed by atoms with Crippen LogP contribution in [0.25, 0.3) is 0 Å². The van der Waals surface area contributed by atoms with Gasteiger partial charge in [-0.05, 0) is 16.7 Å². The van der Waals surface area contributed by atoms with E-state index in [1.54, 1.807) is 4.90 Å². The van der Waals surface area contributed by atoms with Crippen LogP contribution in [0.15, 0.2) is 91.0 Å². The Kier molecular flexibility index (Phi) is 8.76. The summed E-state index contributed by atoms with van der Waals surface area (Å²) in [6, 6.07) is 29.6. The first-order valence-corrected chi connectivity index (χ1v) is 9.06. The van der Waals surface area contributed by atoms with E-state index in [4.69, 9.17) is 14.6 Å². The molecule has 0 unspecified atom stereocenters. The van der Waals surface area contributed by atoms with Crippen molar-refractivity contribution < 1.29 is 19.4 Å². The lowest BCUT2D eigenvalue weighted by molar-refractivity contribution is 0.0910. The van der Waals surface area contributed by atoms with Crippen molar-refractivity contribution in [1.29, 1.82) is 0 Å². The van der Waals surface area contributed by atoms with E-state index in [1.165, 1.54) is 0 Å². The van der Waals surface area contributed by atoms with Crippen LogP contribution in [0.4, 0.5) is 9.59 Å². The number of ether oxygens (including phenoxy) is 1. The highest BCUT2D eigenvalue weighted by molar-refractivity contribution is 5.67. The van der Waals surface area contributed by atoms with Gasteiger partial charge in [-0.2, -0.15) is 0 Å². The van der Waals surface area contributed by atoms with Crippen molar-refractivity contribution in [3.05, 3.63) is 108 Å². The highest BCUT2D eigenvalue weighted by atomic mass is 16.6. The normalized spacial score (nSPS) is 9.66. The minimum absolute atomic E-state index is 0.278. The maximum Gasteiger partial charge on any atom is 0.410 e. The number of carbonyl (C=O) groups is 2. The van der Waals surface area contributed by atoms with Crippen molar-refractivity contribution in [2.24, 2.45) is 5.73 Å². The lowest BCUT2D eigenvalue weighted by atomic mass is 10.2. The van der Waals surface area contributed by atoms with Gasteiger partial charge in [-0.25, -0.2) is 9.59 Å². The summed E-state index contributed by atoms with van der Waals surface area (Å²) in [5.41, 5.74) is 7.17. The number of amides is 2. The highest BCUT2D eigenvalue weighted by Crippen LogP contribution is 2.12. The number of carbonyl (C=O) groups excluding carboxylic acids is 1. The van der Waals surface area contributed by atoms with Crippen molar-refractivity contribution in [3.63, 3.8) is 0 Å². The number of carboxylic acid groups (broad SMARTS) is 1. The predicted octanol–water partition coefficient (Wildman–Crippen LogP) is 4.65. The van der Waals surface area contributed by atoms with Crippen molar-refractivity contribution in [2.45, 2.75) is 19.7 Å². The Balaban J connectivity index is 0.000000687. The zero-order valence-electron chi connectivity index (χ0n) is 16.0. The number of nitrogens with zero attached hydrogens (tertiary/aromatic N) is 1. The Morgan fingerprint density at radius 1 is 0.724 bits per heavy atom. The number of rotatable bonds is 6. The Bertz CT molecular complexity index is 826. The van der Waals surface area contributed by atoms with Gasteiger partial charge in [0.1, 0.15) is 6.61 Å². The topological polar surface area (TPSA) is 92.9 Å². The molecule has 0 aliphatic heterocycles. The second-order valence-corrected chi connectivity index (χ2v) is 6.21. The van der Waals surface area contributed by atoms with Crippen molar-refractivity contribution >= 4 is 12.2 Å². The molecule has 3 N–H and O–H groups in total. The summed E-state index contributed by atoms with van der Waals surface area (Å²) in [5.74, 6) is 0. The summed E-state index contributed by atoms with van der Waals surface area (Å²) in [4.78, 5) is 23.1. The fraction of sp³-hybridized carbons (Fsp3) is 0.130. The lowest BCUT2D eigenvalue weighted by Crippen LogP contribution is -2.30. The zero-order chi connectivity index (χ0) is 20.9. The molecule has 0 aliphatic rings. The third kappa shape index (κ3) is 8.62. The molecule has 2 amide bonds. The molecule has 0 aromatic heterocycles. The van der Waals surface area contributed by atoms with E-state index in [9.17, 15) is 4.79 Å². The second kappa shape index (κ2) is 11.8. The number of benzene rings is 3. The summed E-state index contributed by atoms with van der Waals surface area (Å²) in [7, 11) is 0. The van der Waals surface area contributed by atoms with Crippen LogP contribution in [0.3, 0.4) is 0 Å². The number of hydrogen-bond donors (Lipinski definition) is 2. The quantitative estimate of drug-likeness (QED) is 0.639. The van der Waals surface area contributed by atoms with E-state index in [2.05, 4.69) is 5.73 Å². The summed E-state index contributed by atoms with van der Waals surface area (Å²) in [6.45, 7) is 1.31. The smallest absolute Gasteiger partial charge is 0.410 e. The standard InChI is InChI=1S/C22H21NO2.CH3NO2/c24-22(25-18-21-14-8-3-9-15-21)23(16-19-10-4-1-5-11-19)17-20-12-6-2-7-13-20;2-1(3)4/h1-15H,16-18H2;2H2,(H,3,4). The molecule has 0 atom stereocenters. The molecule has 3 rings (SSSR count). The molecule has 0 bridgehead atoms. The maximum atomic E-state index is 12.6. The fourth-order valence-electron chi connectivity index (χ4n) is 2.60. The summed E-state index contributed by atoms with van der Waals surface area (Å²) in [5, 5.41) is 7.19. The molecule has 150 valence electrons. The summed E-state index contributed by atoms with van der Waals surface area (Å²) < 4.78 is 5.52. The van der Waals surface area contributed by atoms with E-state index < -0.39 is 6.09 Å². The molecule has 0 saturated carbocycles. The van der Waals surface area contributed by atoms with Gasteiger partial charge in [-0.15, -0.1) is 0 Å². The highest BCUT2D eigenvalue weighted by Gasteiger charge is 2.16. The van der Waals surface area contributed by atoms with Gasteiger partial charge < -0.3 is 15.6 Å². The first-order chi connectivity index (χ1) is 14.0. The molecule has 6 nitrogen and oxygen atoms in total. The molecule has 0 aliphatic carbocycles. The van der Waals surface area contributed by atoms with Crippen LogP contribution in [0.1, 0.15) is 16.7 Å². The van der Waals surface area contributed by atoms with Crippen LogP contribution in [0.5, 0.6) is 0 Å². The fourth-order valence-corrected chi connectivity index (χ4v) is 2.60. The molecule has 0 fully saturated rings. The predicted molar refractivity (Wildman–Crippen MR) is 111 cm³/mol. The van der Waals surface area contributed by atoms with Gasteiger partial charge in [0.25, 0.3) is 0 Å². The molecule has 29 heavy (non-hydrogen) atoms. The largest absolute Gasteiger partial charge is 0.465 e. The van der Waals surface area contributed by atoms with Crippen molar-refractivity contribution in [1.82, 2.24) is 4.90 Å². The van der Waals surface area contributed by atoms with Gasteiger partial charge in [0.05, 0.1) is 0 Å². The molecule has 3 aromatic carbocycles. The second-order valence-electron chi connectivity index (χ2n) is 6.21. The number of nitrogens with two attached hydrogens (primary N) is 1. The van der Waals surface area contributed by atoms with Gasteiger partial charge in [0.15, 0.2) is 0 Å².